The van der Waals surface area contributed by atoms with E-state index in [0.29, 0.717) is 13.1 Å². The second-order valence-electron chi connectivity index (χ2n) is 5.15. The van der Waals surface area contributed by atoms with Gasteiger partial charge < -0.3 is 15.3 Å². The molecular weight excluding hydrogens is 266 g/mol. The minimum atomic E-state index is -0.997. The van der Waals surface area contributed by atoms with Crippen molar-refractivity contribution in [2.45, 2.75) is 25.9 Å². The Morgan fingerprint density at radius 1 is 1.45 bits per heavy atom. The summed E-state index contributed by atoms with van der Waals surface area (Å²) in [5.74, 6) is -1.89. The van der Waals surface area contributed by atoms with Crippen molar-refractivity contribution < 1.29 is 18.7 Å². The number of likely N-dealkylation sites (tertiary alicyclic amines) is 1. The van der Waals surface area contributed by atoms with Crippen molar-refractivity contribution in [3.05, 3.63) is 29.8 Å². The highest BCUT2D eigenvalue weighted by molar-refractivity contribution is 5.89. The van der Waals surface area contributed by atoms with Gasteiger partial charge in [-0.2, -0.15) is 0 Å². The molecule has 0 aliphatic carbocycles. The van der Waals surface area contributed by atoms with Gasteiger partial charge >= 0.3 is 6.03 Å². The number of halogens is 2. The Kier molecular flexibility index (Phi) is 4.54. The molecule has 2 rings (SSSR count). The standard InChI is InChI=1S/C14H18F2N2O2/c1-9(19)10-3-2-6-18(8-10)14(20)17-11-4-5-12(15)13(16)7-11/h4-5,7,9-10,19H,2-3,6,8H2,1H3,(H,17,20). The van der Waals surface area contributed by atoms with Gasteiger partial charge in [-0.25, -0.2) is 13.6 Å². The van der Waals surface area contributed by atoms with Crippen molar-refractivity contribution in [1.82, 2.24) is 4.90 Å². The number of anilines is 1. The number of hydrogen-bond acceptors (Lipinski definition) is 2. The average Bonchev–Trinajstić information content (AvgIpc) is 2.43. The first kappa shape index (κ1) is 14.7. The normalized spacial score (nSPS) is 20.6. The van der Waals surface area contributed by atoms with Crippen LogP contribution < -0.4 is 5.32 Å². The third-order valence-corrected chi connectivity index (χ3v) is 3.60. The summed E-state index contributed by atoms with van der Waals surface area (Å²) in [5, 5.41) is 12.1. The molecule has 1 saturated heterocycles. The van der Waals surface area contributed by atoms with Crippen LogP contribution in [0.15, 0.2) is 18.2 Å². The van der Waals surface area contributed by atoms with E-state index in [1.807, 2.05) is 0 Å². The van der Waals surface area contributed by atoms with Crippen LogP contribution in [-0.4, -0.2) is 35.2 Å². The number of rotatable bonds is 2. The van der Waals surface area contributed by atoms with E-state index in [-0.39, 0.29) is 17.6 Å². The molecule has 0 radical (unpaired) electrons. The number of hydrogen-bond donors (Lipinski definition) is 2. The Morgan fingerprint density at radius 3 is 2.85 bits per heavy atom. The summed E-state index contributed by atoms with van der Waals surface area (Å²) < 4.78 is 25.9. The summed E-state index contributed by atoms with van der Waals surface area (Å²) in [5.41, 5.74) is 0.216. The summed E-state index contributed by atoms with van der Waals surface area (Å²) in [6, 6.07) is 2.87. The van der Waals surface area contributed by atoms with E-state index < -0.39 is 17.7 Å². The van der Waals surface area contributed by atoms with Crippen LogP contribution in [0, 0.1) is 17.6 Å². The fraction of sp³-hybridized carbons (Fsp3) is 0.500. The van der Waals surface area contributed by atoms with Crippen molar-refractivity contribution in [2.24, 2.45) is 5.92 Å². The minimum absolute atomic E-state index is 0.0550. The lowest BCUT2D eigenvalue weighted by Gasteiger charge is -2.34. The van der Waals surface area contributed by atoms with Gasteiger partial charge in [-0.05, 0) is 31.9 Å². The first-order valence-electron chi connectivity index (χ1n) is 6.66. The predicted octanol–water partition coefficient (Wildman–Crippen LogP) is 2.59. The van der Waals surface area contributed by atoms with Gasteiger partial charge in [-0.1, -0.05) is 0 Å². The molecule has 6 heteroatoms. The number of amides is 2. The summed E-state index contributed by atoms with van der Waals surface area (Å²) in [4.78, 5) is 13.6. The third-order valence-electron chi connectivity index (χ3n) is 3.60. The number of benzene rings is 1. The topological polar surface area (TPSA) is 52.6 Å². The zero-order valence-corrected chi connectivity index (χ0v) is 11.3. The predicted molar refractivity (Wildman–Crippen MR) is 71.4 cm³/mol. The molecular formula is C14H18F2N2O2. The van der Waals surface area contributed by atoms with Crippen LogP contribution in [-0.2, 0) is 0 Å². The SMILES string of the molecule is CC(O)C1CCCN(C(=O)Nc2ccc(F)c(F)c2)C1. The zero-order chi connectivity index (χ0) is 14.7. The zero-order valence-electron chi connectivity index (χ0n) is 11.3. The lowest BCUT2D eigenvalue weighted by atomic mass is 9.94. The first-order valence-corrected chi connectivity index (χ1v) is 6.66. The van der Waals surface area contributed by atoms with Crippen LogP contribution in [0.4, 0.5) is 19.3 Å². The van der Waals surface area contributed by atoms with Gasteiger partial charge in [0.25, 0.3) is 0 Å². The van der Waals surface area contributed by atoms with E-state index in [1.54, 1.807) is 11.8 Å². The lowest BCUT2D eigenvalue weighted by molar-refractivity contribution is 0.0766. The quantitative estimate of drug-likeness (QED) is 0.877. The molecule has 1 aromatic rings. The Bertz CT molecular complexity index is 494. The van der Waals surface area contributed by atoms with Gasteiger partial charge in [0.15, 0.2) is 11.6 Å². The molecule has 0 saturated carbocycles. The minimum Gasteiger partial charge on any atom is -0.393 e. The van der Waals surface area contributed by atoms with Crippen LogP contribution in [0.5, 0.6) is 0 Å². The molecule has 110 valence electrons. The summed E-state index contributed by atoms with van der Waals surface area (Å²) in [6.45, 7) is 2.77. The maximum absolute atomic E-state index is 13.1. The van der Waals surface area contributed by atoms with Gasteiger partial charge in [0.2, 0.25) is 0 Å². The molecule has 1 aliphatic heterocycles. The molecule has 2 atom stereocenters. The summed E-state index contributed by atoms with van der Waals surface area (Å²) in [6.07, 6.45) is 1.24. The fourth-order valence-corrected chi connectivity index (χ4v) is 2.36. The van der Waals surface area contributed by atoms with Crippen LogP contribution in [0.2, 0.25) is 0 Å². The molecule has 0 aromatic heterocycles. The second kappa shape index (κ2) is 6.17. The van der Waals surface area contributed by atoms with E-state index >= 15 is 0 Å². The smallest absolute Gasteiger partial charge is 0.321 e. The first-order chi connectivity index (χ1) is 9.47. The molecule has 0 bridgehead atoms. The second-order valence-corrected chi connectivity index (χ2v) is 5.15. The number of nitrogens with zero attached hydrogens (tertiary/aromatic N) is 1. The molecule has 4 nitrogen and oxygen atoms in total. The largest absolute Gasteiger partial charge is 0.393 e. The monoisotopic (exact) mass is 284 g/mol. The fourth-order valence-electron chi connectivity index (χ4n) is 2.36. The molecule has 20 heavy (non-hydrogen) atoms. The summed E-state index contributed by atoms with van der Waals surface area (Å²) in [7, 11) is 0. The van der Waals surface area contributed by atoms with Crippen molar-refractivity contribution >= 4 is 11.7 Å². The number of aliphatic hydroxyl groups excluding tert-OH is 1. The number of carbonyl (C=O) groups is 1. The Hall–Kier alpha value is -1.69. The van der Waals surface area contributed by atoms with Crippen LogP contribution in [0.3, 0.4) is 0 Å². The van der Waals surface area contributed by atoms with Crippen LogP contribution in [0.1, 0.15) is 19.8 Å². The van der Waals surface area contributed by atoms with Crippen molar-refractivity contribution in [2.75, 3.05) is 18.4 Å². The lowest BCUT2D eigenvalue weighted by Crippen LogP contribution is -2.44. The van der Waals surface area contributed by atoms with E-state index in [2.05, 4.69) is 5.32 Å². The van der Waals surface area contributed by atoms with Gasteiger partial charge in [-0.3, -0.25) is 0 Å². The maximum atomic E-state index is 13.1. The van der Waals surface area contributed by atoms with Gasteiger partial charge in [0.05, 0.1) is 6.10 Å². The summed E-state index contributed by atoms with van der Waals surface area (Å²) >= 11 is 0. The average molecular weight is 284 g/mol. The number of piperidine rings is 1. The molecule has 2 amide bonds. The molecule has 1 aromatic carbocycles. The Balaban J connectivity index is 1.98. The highest BCUT2D eigenvalue weighted by Crippen LogP contribution is 2.21. The number of carbonyl (C=O) groups excluding carboxylic acids is 1. The Labute approximate surface area is 116 Å². The molecule has 0 spiro atoms. The molecule has 1 heterocycles. The van der Waals surface area contributed by atoms with E-state index in [4.69, 9.17) is 0 Å². The molecule has 2 unspecified atom stereocenters. The van der Waals surface area contributed by atoms with E-state index in [1.165, 1.54) is 6.07 Å². The highest BCUT2D eigenvalue weighted by Gasteiger charge is 2.26. The van der Waals surface area contributed by atoms with Gasteiger partial charge in [0.1, 0.15) is 0 Å². The van der Waals surface area contributed by atoms with Crippen LogP contribution in [0.25, 0.3) is 0 Å². The van der Waals surface area contributed by atoms with Crippen molar-refractivity contribution in [3.8, 4) is 0 Å². The Morgan fingerprint density at radius 2 is 2.20 bits per heavy atom. The molecule has 1 fully saturated rings. The van der Waals surface area contributed by atoms with E-state index in [9.17, 15) is 18.7 Å². The van der Waals surface area contributed by atoms with Gasteiger partial charge in [-0.15, -0.1) is 0 Å². The number of urea groups is 1. The molecule has 2 N–H and O–H groups in total. The van der Waals surface area contributed by atoms with Crippen LogP contribution >= 0.6 is 0 Å². The highest BCUT2D eigenvalue weighted by atomic mass is 19.2. The maximum Gasteiger partial charge on any atom is 0.321 e. The number of nitrogens with one attached hydrogen (secondary N) is 1. The number of aliphatic hydroxyl groups is 1. The van der Waals surface area contributed by atoms with Crippen molar-refractivity contribution in [3.63, 3.8) is 0 Å². The van der Waals surface area contributed by atoms with E-state index in [0.717, 1.165) is 25.0 Å². The van der Waals surface area contributed by atoms with Crippen molar-refractivity contribution in [1.29, 1.82) is 0 Å². The molecule has 1 aliphatic rings. The third kappa shape index (κ3) is 3.45. The van der Waals surface area contributed by atoms with Gasteiger partial charge in [0, 0.05) is 30.8 Å².